The van der Waals surface area contributed by atoms with Gasteiger partial charge in [-0.3, -0.25) is 0 Å². The molecule has 0 aromatic rings. The summed E-state index contributed by atoms with van der Waals surface area (Å²) in [6, 6.07) is 1.22. The third kappa shape index (κ3) is 14.1. The van der Waals surface area contributed by atoms with E-state index in [-0.39, 0.29) is 6.04 Å². The summed E-state index contributed by atoms with van der Waals surface area (Å²) in [5.74, 6) is 0. The predicted molar refractivity (Wildman–Crippen MR) is 85.6 cm³/mol. The fourth-order valence-corrected chi connectivity index (χ4v) is 1.90. The third-order valence-corrected chi connectivity index (χ3v) is 3.22. The minimum atomic E-state index is 0.227. The van der Waals surface area contributed by atoms with Crippen molar-refractivity contribution >= 4 is 0 Å². The molecule has 0 heterocycles. The van der Waals surface area contributed by atoms with E-state index in [9.17, 15) is 0 Å². The molecule has 0 saturated heterocycles. The summed E-state index contributed by atoms with van der Waals surface area (Å²) in [7, 11) is 0. The van der Waals surface area contributed by atoms with E-state index < -0.39 is 0 Å². The van der Waals surface area contributed by atoms with Crippen LogP contribution in [0.2, 0.25) is 0 Å². The Morgan fingerprint density at radius 3 is 2.11 bits per heavy atom. The minimum Gasteiger partial charge on any atom is -0.327 e. The molecule has 0 fully saturated rings. The molecule has 4 nitrogen and oxygen atoms in total. The van der Waals surface area contributed by atoms with Gasteiger partial charge in [-0.1, -0.05) is 26.2 Å². The molecule has 0 rings (SSSR count). The van der Waals surface area contributed by atoms with Crippen molar-refractivity contribution in [1.82, 2.24) is 16.0 Å². The van der Waals surface area contributed by atoms with Crippen LogP contribution < -0.4 is 21.7 Å². The van der Waals surface area contributed by atoms with Gasteiger partial charge in [0.15, 0.2) is 0 Å². The summed E-state index contributed by atoms with van der Waals surface area (Å²) >= 11 is 0. The van der Waals surface area contributed by atoms with Crippen molar-refractivity contribution in [3.8, 4) is 0 Å². The van der Waals surface area contributed by atoms with Crippen molar-refractivity contribution in [3.05, 3.63) is 0 Å². The van der Waals surface area contributed by atoms with Gasteiger partial charge in [0.2, 0.25) is 0 Å². The Kier molecular flexibility index (Phi) is 12.7. The van der Waals surface area contributed by atoms with E-state index in [1.54, 1.807) is 0 Å². The average Bonchev–Trinajstić information content (AvgIpc) is 2.38. The molecule has 5 N–H and O–H groups in total. The standard InChI is InChI=1S/C15H36N4/c1-5-6-7-8-9-17-11-14(3)19-12-15(4)18-10-13(2)16/h13-15,17-19H,5-12,16H2,1-4H3. The second kappa shape index (κ2) is 12.9. The first-order valence-electron chi connectivity index (χ1n) is 7.99. The number of unbranched alkanes of at least 4 members (excludes halogenated alkanes) is 3. The van der Waals surface area contributed by atoms with Gasteiger partial charge >= 0.3 is 0 Å². The van der Waals surface area contributed by atoms with Crippen molar-refractivity contribution in [2.45, 2.75) is 71.5 Å². The molecule has 0 spiro atoms. The average molecular weight is 272 g/mol. The summed E-state index contributed by atoms with van der Waals surface area (Å²) in [5, 5.41) is 10.5. The van der Waals surface area contributed by atoms with Crippen LogP contribution in [0.25, 0.3) is 0 Å². The van der Waals surface area contributed by atoms with Crippen LogP contribution in [0, 0.1) is 0 Å². The Labute approximate surface area is 120 Å². The van der Waals surface area contributed by atoms with Gasteiger partial charge in [0.25, 0.3) is 0 Å². The highest BCUT2D eigenvalue weighted by molar-refractivity contribution is 4.71. The van der Waals surface area contributed by atoms with Crippen molar-refractivity contribution in [2.24, 2.45) is 5.73 Å². The Bertz CT molecular complexity index is 185. The number of nitrogens with two attached hydrogens (primary N) is 1. The van der Waals surface area contributed by atoms with E-state index in [4.69, 9.17) is 5.73 Å². The molecular formula is C15H36N4. The molecule has 3 unspecified atom stereocenters. The van der Waals surface area contributed by atoms with Crippen LogP contribution in [0.1, 0.15) is 53.4 Å². The molecule has 0 amide bonds. The lowest BCUT2D eigenvalue weighted by molar-refractivity contribution is 0.435. The van der Waals surface area contributed by atoms with Crippen LogP contribution in [-0.4, -0.2) is 44.3 Å². The molecule has 0 aromatic heterocycles. The highest BCUT2D eigenvalue weighted by Gasteiger charge is 2.05. The first kappa shape index (κ1) is 18.8. The van der Waals surface area contributed by atoms with Crippen LogP contribution in [0.5, 0.6) is 0 Å². The Morgan fingerprint density at radius 2 is 1.47 bits per heavy atom. The largest absolute Gasteiger partial charge is 0.327 e. The molecule has 0 aromatic carbocycles. The van der Waals surface area contributed by atoms with E-state index in [0.717, 1.165) is 26.2 Å². The second-order valence-electron chi connectivity index (χ2n) is 5.86. The van der Waals surface area contributed by atoms with Crippen molar-refractivity contribution in [3.63, 3.8) is 0 Å². The van der Waals surface area contributed by atoms with E-state index in [1.165, 1.54) is 25.7 Å². The van der Waals surface area contributed by atoms with Gasteiger partial charge in [-0.2, -0.15) is 0 Å². The van der Waals surface area contributed by atoms with E-state index in [1.807, 2.05) is 6.92 Å². The number of nitrogens with one attached hydrogen (secondary N) is 3. The maximum absolute atomic E-state index is 5.72. The van der Waals surface area contributed by atoms with Crippen LogP contribution in [0.3, 0.4) is 0 Å². The Hall–Kier alpha value is -0.160. The van der Waals surface area contributed by atoms with Crippen molar-refractivity contribution in [1.29, 1.82) is 0 Å². The van der Waals surface area contributed by atoms with Gasteiger partial charge in [0.1, 0.15) is 0 Å². The third-order valence-electron chi connectivity index (χ3n) is 3.22. The monoisotopic (exact) mass is 272 g/mol. The lowest BCUT2D eigenvalue weighted by Gasteiger charge is -2.20. The highest BCUT2D eigenvalue weighted by atomic mass is 15.0. The molecule has 19 heavy (non-hydrogen) atoms. The second-order valence-corrected chi connectivity index (χ2v) is 5.86. The molecule has 0 saturated carbocycles. The normalized spacial score (nSPS) is 16.3. The Balaban J connectivity index is 3.35. The maximum atomic E-state index is 5.72. The predicted octanol–water partition coefficient (Wildman–Crippen LogP) is 1.46. The molecule has 4 heteroatoms. The summed E-state index contributed by atoms with van der Waals surface area (Å²) in [6.07, 6.45) is 5.32. The van der Waals surface area contributed by atoms with Gasteiger partial charge in [0.05, 0.1) is 0 Å². The molecular weight excluding hydrogens is 236 g/mol. The molecule has 3 atom stereocenters. The molecule has 0 aliphatic heterocycles. The topological polar surface area (TPSA) is 62.1 Å². The zero-order valence-corrected chi connectivity index (χ0v) is 13.5. The zero-order valence-electron chi connectivity index (χ0n) is 13.5. The highest BCUT2D eigenvalue weighted by Crippen LogP contribution is 1.96. The van der Waals surface area contributed by atoms with Crippen LogP contribution in [0.15, 0.2) is 0 Å². The molecule has 0 aliphatic carbocycles. The van der Waals surface area contributed by atoms with Gasteiger partial charge in [-0.05, 0) is 33.7 Å². The fraction of sp³-hybridized carbons (Fsp3) is 1.00. The summed E-state index contributed by atoms with van der Waals surface area (Å²) in [4.78, 5) is 0. The molecule has 0 radical (unpaired) electrons. The van der Waals surface area contributed by atoms with Gasteiger partial charge in [0, 0.05) is 37.8 Å². The quantitative estimate of drug-likeness (QED) is 0.383. The van der Waals surface area contributed by atoms with Crippen LogP contribution in [0.4, 0.5) is 0 Å². The number of hydrogen-bond acceptors (Lipinski definition) is 4. The molecule has 0 bridgehead atoms. The molecule has 0 aliphatic rings. The van der Waals surface area contributed by atoms with E-state index in [0.29, 0.717) is 12.1 Å². The summed E-state index contributed by atoms with van der Waals surface area (Å²) in [5.41, 5.74) is 5.72. The van der Waals surface area contributed by atoms with Crippen molar-refractivity contribution in [2.75, 3.05) is 26.2 Å². The fourth-order valence-electron chi connectivity index (χ4n) is 1.90. The van der Waals surface area contributed by atoms with Gasteiger partial charge in [-0.25, -0.2) is 0 Å². The smallest absolute Gasteiger partial charge is 0.0164 e. The first-order chi connectivity index (χ1) is 9.06. The van der Waals surface area contributed by atoms with Gasteiger partial charge in [-0.15, -0.1) is 0 Å². The summed E-state index contributed by atoms with van der Waals surface area (Å²) in [6.45, 7) is 12.8. The number of rotatable bonds is 13. The van der Waals surface area contributed by atoms with Crippen molar-refractivity contribution < 1.29 is 0 Å². The SMILES string of the molecule is CCCCCCNCC(C)NCC(C)NCC(C)N. The summed E-state index contributed by atoms with van der Waals surface area (Å²) < 4.78 is 0. The van der Waals surface area contributed by atoms with E-state index >= 15 is 0 Å². The minimum absolute atomic E-state index is 0.227. The van der Waals surface area contributed by atoms with E-state index in [2.05, 4.69) is 36.7 Å². The van der Waals surface area contributed by atoms with Crippen LogP contribution >= 0.6 is 0 Å². The maximum Gasteiger partial charge on any atom is 0.0164 e. The number of hydrogen-bond donors (Lipinski definition) is 4. The Morgan fingerprint density at radius 1 is 0.842 bits per heavy atom. The first-order valence-corrected chi connectivity index (χ1v) is 7.99. The van der Waals surface area contributed by atoms with Crippen LogP contribution in [-0.2, 0) is 0 Å². The van der Waals surface area contributed by atoms with Gasteiger partial charge < -0.3 is 21.7 Å². The lowest BCUT2D eigenvalue weighted by Crippen LogP contribution is -2.45. The zero-order chi connectivity index (χ0) is 14.5. The molecule has 116 valence electrons. The lowest BCUT2D eigenvalue weighted by atomic mass is 10.2.